The van der Waals surface area contributed by atoms with Gasteiger partial charge in [0.05, 0.1) is 72.0 Å². The molecule has 0 unspecified atom stereocenters. The second-order valence-electron chi connectivity index (χ2n) is 36.7. The average Bonchev–Trinajstić information content (AvgIpc) is 0.822. The van der Waals surface area contributed by atoms with Crippen molar-refractivity contribution >= 4 is 90.8 Å². The molecule has 39 heteroatoms. The number of nitro benzene ring substituents is 2. The van der Waals surface area contributed by atoms with Crippen LogP contribution in [0.25, 0.3) is 0 Å². The lowest BCUT2D eigenvalue weighted by Crippen LogP contribution is -2.51. The van der Waals surface area contributed by atoms with Crippen LogP contribution < -0.4 is 38.5 Å². The Bertz CT molecular complexity index is 5370. The number of hydrogen-bond acceptors (Lipinski definition) is 26. The SMILES string of the molecule is CC(C)CN(C[C@@H](O)[C@@H](N)Cc1ccccc1)S(=O)(=O)c1ccc(N)cc1.CC(C)CN(C[C@@H](O)[C@H](Cc1ccccc1)NC(=O)OC(C)(C)C)S(=O)(=O)c1ccc(N)cc1.CC(C)CN(C[C@@H](O)[C@H](Cc1ccccc1)NC(=O)OC(C)(C)C)S(=O)(=O)c1ccc([N+](=O)[O-])cc1.CC(C)CNC[C@@H](O)[C@H](Cc1ccccc1)NC(=O)OC(C)(C)C.O=[N+]([O-])c1ccc(S(=O)(=O)Cl)cc1. The number of aliphatic hydroxyl groups is 4. The van der Waals surface area contributed by atoms with Crippen LogP contribution in [-0.4, -0.2) is 213 Å². The number of carbonyl (C=O) groups excluding carboxylic acids is 3. The number of ether oxygens (including phenoxy) is 3. The fourth-order valence-electron chi connectivity index (χ4n) is 12.8. The molecule has 8 aromatic carbocycles. The summed E-state index contributed by atoms with van der Waals surface area (Å²) < 4.78 is 121. The van der Waals surface area contributed by atoms with Crippen molar-refractivity contribution in [1.82, 2.24) is 34.2 Å². The third kappa shape index (κ3) is 44.0. The number of benzene rings is 8. The number of non-ortho nitro benzene ring substituents is 2. The van der Waals surface area contributed by atoms with Crippen molar-refractivity contribution in [3.63, 3.8) is 0 Å². The quantitative estimate of drug-likeness (QED) is 0.00558. The molecule has 740 valence electrons. The number of nitrogens with one attached hydrogen (secondary N) is 4. The van der Waals surface area contributed by atoms with Gasteiger partial charge in [-0.1, -0.05) is 177 Å². The van der Waals surface area contributed by atoms with Gasteiger partial charge < -0.3 is 73.1 Å². The van der Waals surface area contributed by atoms with E-state index in [1.165, 1.54) is 57.1 Å². The minimum Gasteiger partial charge on any atom is -0.444 e. The molecule has 0 spiro atoms. The lowest BCUT2D eigenvalue weighted by atomic mass is 10.0. The Morgan fingerprint density at radius 3 is 0.858 bits per heavy atom. The van der Waals surface area contributed by atoms with E-state index in [1.54, 1.807) is 53.7 Å². The van der Waals surface area contributed by atoms with Crippen LogP contribution >= 0.6 is 10.7 Å². The van der Waals surface area contributed by atoms with Crippen LogP contribution in [0.15, 0.2) is 238 Å². The van der Waals surface area contributed by atoms with E-state index in [0.29, 0.717) is 49.6 Å². The van der Waals surface area contributed by atoms with E-state index in [0.717, 1.165) is 69.5 Å². The van der Waals surface area contributed by atoms with Crippen LogP contribution in [0.3, 0.4) is 0 Å². The number of sulfonamides is 3. The summed E-state index contributed by atoms with van der Waals surface area (Å²) in [6.07, 6.45) is -4.48. The zero-order valence-corrected chi connectivity index (χ0v) is 83.3. The molecular formula is C95H137ClN12O22S4. The molecule has 0 saturated carbocycles. The highest BCUT2D eigenvalue weighted by Gasteiger charge is 2.37. The zero-order chi connectivity index (χ0) is 101. The van der Waals surface area contributed by atoms with Gasteiger partial charge in [-0.05, 0) is 213 Å². The Hall–Kier alpha value is -10.3. The van der Waals surface area contributed by atoms with Gasteiger partial charge in [0.2, 0.25) is 30.1 Å². The minimum absolute atomic E-state index is 0.0159. The molecule has 0 aliphatic rings. The van der Waals surface area contributed by atoms with Crippen molar-refractivity contribution in [2.75, 3.05) is 63.8 Å². The highest BCUT2D eigenvalue weighted by atomic mass is 35.7. The molecule has 8 aromatic rings. The maximum atomic E-state index is 13.4. The molecule has 134 heavy (non-hydrogen) atoms. The smallest absolute Gasteiger partial charge is 0.407 e. The van der Waals surface area contributed by atoms with Gasteiger partial charge in [0, 0.05) is 98.2 Å². The molecule has 8 atom stereocenters. The highest BCUT2D eigenvalue weighted by Crippen LogP contribution is 2.27. The van der Waals surface area contributed by atoms with E-state index in [9.17, 15) is 88.7 Å². The number of amides is 3. The summed E-state index contributed by atoms with van der Waals surface area (Å²) in [5.41, 5.74) is 19.8. The number of alkyl carbamates (subject to hydrolysis) is 3. The van der Waals surface area contributed by atoms with Crippen molar-refractivity contribution in [1.29, 1.82) is 0 Å². The first-order valence-corrected chi connectivity index (χ1v) is 50.4. The second-order valence-corrected chi connectivity index (χ2v) is 45.1. The number of carbonyl (C=O) groups is 3. The first-order chi connectivity index (χ1) is 62.2. The molecule has 0 aliphatic heterocycles. The number of aliphatic hydroxyl groups excluding tert-OH is 4. The lowest BCUT2D eigenvalue weighted by Gasteiger charge is -2.31. The molecule has 34 nitrogen and oxygen atoms in total. The number of nitrogen functional groups attached to an aromatic ring is 2. The fraction of sp³-hybridized carbons (Fsp3) is 0.463. The van der Waals surface area contributed by atoms with E-state index in [1.807, 2.05) is 184 Å². The topological polar surface area (TPSA) is 519 Å². The summed E-state index contributed by atoms with van der Waals surface area (Å²) in [4.78, 5) is 57.0. The largest absolute Gasteiger partial charge is 0.444 e. The van der Waals surface area contributed by atoms with Gasteiger partial charge in [-0.25, -0.2) is 48.1 Å². The number of nitrogens with zero attached hydrogens (tertiary/aromatic N) is 5. The Labute approximate surface area is 795 Å². The van der Waals surface area contributed by atoms with Gasteiger partial charge in [-0.15, -0.1) is 0 Å². The number of anilines is 2. The van der Waals surface area contributed by atoms with Gasteiger partial charge in [0.1, 0.15) is 16.8 Å². The molecule has 0 heterocycles. The maximum Gasteiger partial charge on any atom is 0.407 e. The van der Waals surface area contributed by atoms with E-state index in [-0.39, 0.29) is 87.9 Å². The predicted octanol–water partition coefficient (Wildman–Crippen LogP) is 13.2. The number of rotatable bonds is 40. The minimum atomic E-state index is -4.09. The summed E-state index contributed by atoms with van der Waals surface area (Å²) in [6, 6.07) is 56.3. The van der Waals surface area contributed by atoms with Crippen LogP contribution in [0, 0.1) is 43.9 Å². The van der Waals surface area contributed by atoms with Gasteiger partial charge in [-0.3, -0.25) is 20.2 Å². The first kappa shape index (κ1) is 116. The van der Waals surface area contributed by atoms with E-state index < -0.39 is 133 Å². The Morgan fingerprint density at radius 1 is 0.366 bits per heavy atom. The summed E-state index contributed by atoms with van der Waals surface area (Å²) >= 11 is 0. The van der Waals surface area contributed by atoms with Crippen LogP contribution in [0.4, 0.5) is 37.1 Å². The fourth-order valence-corrected chi connectivity index (χ4v) is 18.4. The van der Waals surface area contributed by atoms with Crippen molar-refractivity contribution < 1.29 is 92.5 Å². The molecule has 0 radical (unpaired) electrons. The summed E-state index contributed by atoms with van der Waals surface area (Å²) in [7, 11) is -10.5. The molecule has 0 bridgehead atoms. The van der Waals surface area contributed by atoms with Crippen molar-refractivity contribution in [2.24, 2.45) is 29.4 Å². The summed E-state index contributed by atoms with van der Waals surface area (Å²) in [6.45, 7) is 32.7. The second kappa shape index (κ2) is 54.4. The van der Waals surface area contributed by atoms with Crippen LogP contribution in [0.5, 0.6) is 0 Å². The third-order valence-corrected chi connectivity index (χ3v) is 25.9. The van der Waals surface area contributed by atoms with E-state index >= 15 is 0 Å². The first-order valence-electron chi connectivity index (χ1n) is 43.7. The molecule has 0 fully saturated rings. The maximum absolute atomic E-state index is 13.4. The number of halogens is 1. The van der Waals surface area contributed by atoms with Crippen LogP contribution in [0.2, 0.25) is 0 Å². The third-order valence-electron chi connectivity index (χ3n) is 19.0. The molecular weight excluding hydrogens is 1820 g/mol. The Morgan fingerprint density at radius 2 is 0.612 bits per heavy atom. The van der Waals surface area contributed by atoms with E-state index in [4.69, 9.17) is 42.1 Å². The standard InChI is InChI=1S/C25H35N3O7S.C25H37N3O5S.C20H29N3O3S.C19H32N2O3.C6H4ClNO4S/c1-18(2)16-27(36(33,34)21-13-11-20(12-14-21)28(31)32)17-23(29)22(15-19-9-7-6-8-10-19)26-24(30)35-25(3,4)5;1-18(2)16-28(34(31,32)21-13-11-20(26)12-14-21)17-23(29)22(15-19-9-7-6-8-10-19)27-24(30)33-25(3,4)5;1-15(2)13-23(27(25,26)18-10-8-17(21)9-11-18)14-20(24)19(22)12-16-6-4-3-5-7-16;1-14(2)12-20-13-17(22)16(11-15-9-7-6-8-10-15)21-18(23)24-19(3,4)5;7-13(11,12)6-3-1-5(2-4-6)8(9)10/h6-14,18,22-23,29H,15-17H2,1-5H3,(H,26,30);6-14,18,22-23,29H,15-17,26H2,1-5H3,(H,27,30);3-11,15,19-20,24H,12-14,21-22H2,1-2H3;6-10,14,16-17,20,22H,11-13H2,1-5H3,(H,21,23);1-4H/t2*22-,23+;19-,20+;16-,17+;/m0000./s1. The monoisotopic (exact) mass is 1960 g/mol. The van der Waals surface area contributed by atoms with Gasteiger partial charge in [-0.2, -0.15) is 12.9 Å². The molecule has 0 aromatic heterocycles. The lowest BCUT2D eigenvalue weighted by molar-refractivity contribution is -0.385. The van der Waals surface area contributed by atoms with E-state index in [2.05, 4.69) is 35.1 Å². The molecule has 8 rings (SSSR count). The molecule has 14 N–H and O–H groups in total. The summed E-state index contributed by atoms with van der Waals surface area (Å²) in [5, 5.41) is 76.0. The molecule has 0 saturated heterocycles. The van der Waals surface area contributed by atoms with Gasteiger partial charge in [0.25, 0.3) is 20.4 Å². The Kier molecular flexibility index (Phi) is 47.1. The average molecular weight is 1960 g/mol. The van der Waals surface area contributed by atoms with Crippen LogP contribution in [-0.2, 0) is 79.0 Å². The number of nitrogens with two attached hydrogens (primary N) is 3. The van der Waals surface area contributed by atoms with Crippen molar-refractivity contribution in [3.05, 3.63) is 261 Å². The molecule has 0 aliphatic carbocycles. The number of hydrogen-bond donors (Lipinski definition) is 11. The zero-order valence-electron chi connectivity index (χ0n) is 79.3. The normalized spacial score (nSPS) is 13.9. The van der Waals surface area contributed by atoms with Crippen LogP contribution in [0.1, 0.15) is 140 Å². The molecule has 3 amide bonds. The highest BCUT2D eigenvalue weighted by molar-refractivity contribution is 8.13. The Balaban J connectivity index is 0.000000360. The van der Waals surface area contributed by atoms with Crippen molar-refractivity contribution in [3.8, 4) is 0 Å². The van der Waals surface area contributed by atoms with Gasteiger partial charge >= 0.3 is 18.3 Å². The summed E-state index contributed by atoms with van der Waals surface area (Å²) in [5.74, 6) is 0.549. The predicted molar refractivity (Wildman–Crippen MR) is 521 cm³/mol. The number of nitro groups is 2. The van der Waals surface area contributed by atoms with Gasteiger partial charge in [0.15, 0.2) is 0 Å². The van der Waals surface area contributed by atoms with Crippen molar-refractivity contribution in [2.45, 2.75) is 228 Å².